The molecule has 10 nitrogen and oxygen atoms in total. The summed E-state index contributed by atoms with van der Waals surface area (Å²) in [5.74, 6) is -0.587. The SMILES string of the molecule is COC(=O)c1cc(N2CCc3c(cc(Cn4ccnc4)cc3-c3cn(C)nc3C(F)(F)F)C2=O)c2cc(OC)ccc2n1. The molecule has 1 amide bonds. The molecule has 0 bridgehead atoms. The molecule has 0 atom stereocenters. The third-order valence-electron chi connectivity index (χ3n) is 7.36. The van der Waals surface area contributed by atoms with Crippen molar-refractivity contribution >= 4 is 28.5 Å². The van der Waals surface area contributed by atoms with Crippen LogP contribution in [-0.4, -0.2) is 57.0 Å². The van der Waals surface area contributed by atoms with Gasteiger partial charge >= 0.3 is 12.1 Å². The maximum atomic E-state index is 14.3. The number of esters is 1. The molecule has 0 saturated carbocycles. The van der Waals surface area contributed by atoms with Crippen molar-refractivity contribution in [2.24, 2.45) is 7.05 Å². The average Bonchev–Trinajstić information content (AvgIpc) is 3.65. The van der Waals surface area contributed by atoms with Crippen LogP contribution >= 0.6 is 0 Å². The normalized spacial score (nSPS) is 13.3. The number of anilines is 1. The Hall–Kier alpha value is -5.20. The van der Waals surface area contributed by atoms with Crippen molar-refractivity contribution in [2.45, 2.75) is 19.1 Å². The number of nitrogens with zero attached hydrogens (tertiary/aromatic N) is 6. The summed E-state index contributed by atoms with van der Waals surface area (Å²) in [6, 6.07) is 9.94. The van der Waals surface area contributed by atoms with Gasteiger partial charge in [0.15, 0.2) is 11.4 Å². The number of imidazole rings is 1. The summed E-state index contributed by atoms with van der Waals surface area (Å²) < 4.78 is 55.4. The second-order valence-electron chi connectivity index (χ2n) is 10.1. The van der Waals surface area contributed by atoms with E-state index >= 15 is 0 Å². The van der Waals surface area contributed by atoms with E-state index in [9.17, 15) is 22.8 Å². The summed E-state index contributed by atoms with van der Waals surface area (Å²) in [6.45, 7) is 0.412. The summed E-state index contributed by atoms with van der Waals surface area (Å²) in [5, 5.41) is 4.26. The Morgan fingerprint density at radius 2 is 1.86 bits per heavy atom. The summed E-state index contributed by atoms with van der Waals surface area (Å²) >= 11 is 0. The van der Waals surface area contributed by atoms with Crippen molar-refractivity contribution in [1.29, 1.82) is 0 Å². The first-order valence-electron chi connectivity index (χ1n) is 13.2. The van der Waals surface area contributed by atoms with E-state index in [4.69, 9.17) is 9.47 Å². The first-order chi connectivity index (χ1) is 20.6. The molecule has 13 heteroatoms. The Kier molecular flexibility index (Phi) is 6.87. The lowest BCUT2D eigenvalue weighted by molar-refractivity contribution is -0.141. The number of fused-ring (bicyclic) bond motifs is 2. The van der Waals surface area contributed by atoms with E-state index in [1.54, 1.807) is 53.6 Å². The molecule has 0 saturated heterocycles. The molecular formula is C30H25F3N6O4. The van der Waals surface area contributed by atoms with Crippen LogP contribution in [0.1, 0.15) is 37.7 Å². The number of methoxy groups -OCH3 is 2. The minimum Gasteiger partial charge on any atom is -0.497 e. The fourth-order valence-electron chi connectivity index (χ4n) is 5.46. The number of carbonyl (C=O) groups excluding carboxylic acids is 2. The Morgan fingerprint density at radius 3 is 2.56 bits per heavy atom. The van der Waals surface area contributed by atoms with Crippen molar-refractivity contribution in [1.82, 2.24) is 24.3 Å². The predicted octanol–water partition coefficient (Wildman–Crippen LogP) is 4.90. The van der Waals surface area contributed by atoms with Gasteiger partial charge in [0.2, 0.25) is 0 Å². The van der Waals surface area contributed by atoms with Crippen molar-refractivity contribution in [3.63, 3.8) is 0 Å². The fourth-order valence-corrected chi connectivity index (χ4v) is 5.46. The van der Waals surface area contributed by atoms with Crippen molar-refractivity contribution in [2.75, 3.05) is 25.7 Å². The third-order valence-corrected chi connectivity index (χ3v) is 7.36. The van der Waals surface area contributed by atoms with Gasteiger partial charge in [-0.15, -0.1) is 0 Å². The monoisotopic (exact) mass is 590 g/mol. The summed E-state index contributed by atoms with van der Waals surface area (Å²) in [4.78, 5) is 36.7. The molecule has 1 aliphatic rings. The second kappa shape index (κ2) is 10.6. The molecule has 220 valence electrons. The van der Waals surface area contributed by atoms with Gasteiger partial charge in [0.05, 0.1) is 31.8 Å². The van der Waals surface area contributed by atoms with Crippen LogP contribution in [0.3, 0.4) is 0 Å². The topological polar surface area (TPSA) is 104 Å². The first kappa shape index (κ1) is 27.9. The molecule has 0 fully saturated rings. The highest BCUT2D eigenvalue weighted by Crippen LogP contribution is 2.41. The Labute approximate surface area is 243 Å². The zero-order valence-corrected chi connectivity index (χ0v) is 23.3. The number of aryl methyl sites for hydroxylation is 1. The molecule has 0 unspecified atom stereocenters. The third kappa shape index (κ3) is 5.07. The highest BCUT2D eigenvalue weighted by Gasteiger charge is 2.39. The van der Waals surface area contributed by atoms with Crippen molar-refractivity contribution in [3.8, 4) is 16.9 Å². The highest BCUT2D eigenvalue weighted by atomic mass is 19.4. The van der Waals surface area contributed by atoms with Gasteiger partial charge in [-0.05, 0) is 59.5 Å². The van der Waals surface area contributed by atoms with E-state index in [-0.39, 0.29) is 41.9 Å². The molecular weight excluding hydrogens is 565 g/mol. The number of ether oxygens (including phenoxy) is 2. The molecule has 0 spiro atoms. The van der Waals surface area contributed by atoms with Crippen LogP contribution in [0.25, 0.3) is 22.0 Å². The maximum absolute atomic E-state index is 14.3. The maximum Gasteiger partial charge on any atom is 0.435 e. The number of hydrogen-bond acceptors (Lipinski definition) is 7. The standard InChI is InChI=1S/C30H25F3N6O4/c1-37-15-23(27(36-37)30(31,32)33)20-10-17(14-38-9-7-34-16-38)11-21-19(20)6-8-39(28(21)40)26-13-25(29(41)43-3)35-24-5-4-18(42-2)12-22(24)26/h4-5,7,9-13,15-16H,6,8,14H2,1-3H3. The van der Waals surface area contributed by atoms with E-state index in [1.165, 1.54) is 38.4 Å². The minimum atomic E-state index is -4.70. The number of hydrogen-bond donors (Lipinski definition) is 0. The molecule has 3 aromatic heterocycles. The second-order valence-corrected chi connectivity index (χ2v) is 10.1. The zero-order chi connectivity index (χ0) is 30.5. The number of alkyl halides is 3. The van der Waals surface area contributed by atoms with Gasteiger partial charge in [0, 0.05) is 55.2 Å². The number of carbonyl (C=O) groups is 2. The lowest BCUT2D eigenvalue weighted by atomic mass is 9.87. The van der Waals surface area contributed by atoms with Crippen LogP contribution in [0.15, 0.2) is 61.3 Å². The molecule has 0 radical (unpaired) electrons. The van der Waals surface area contributed by atoms with Crippen molar-refractivity contribution < 1.29 is 32.2 Å². The summed E-state index contributed by atoms with van der Waals surface area (Å²) in [5.41, 5.74) is 1.35. The van der Waals surface area contributed by atoms with Crippen LogP contribution in [-0.2, 0) is 30.9 Å². The van der Waals surface area contributed by atoms with Crippen LogP contribution in [0.4, 0.5) is 18.9 Å². The van der Waals surface area contributed by atoms with Gasteiger partial charge in [-0.2, -0.15) is 18.3 Å². The van der Waals surface area contributed by atoms with E-state index in [2.05, 4.69) is 15.1 Å². The highest BCUT2D eigenvalue weighted by molar-refractivity contribution is 6.13. The molecule has 6 rings (SSSR count). The van der Waals surface area contributed by atoms with Gasteiger partial charge in [-0.3, -0.25) is 9.48 Å². The summed E-state index contributed by atoms with van der Waals surface area (Å²) in [7, 11) is 4.17. The molecule has 0 aliphatic carbocycles. The number of pyridine rings is 1. The predicted molar refractivity (Wildman–Crippen MR) is 150 cm³/mol. The van der Waals surface area contributed by atoms with E-state index in [0.717, 1.165) is 4.68 Å². The molecule has 4 heterocycles. The largest absolute Gasteiger partial charge is 0.497 e. The summed E-state index contributed by atoms with van der Waals surface area (Å²) in [6.07, 6.45) is 1.77. The Balaban J connectivity index is 1.54. The van der Waals surface area contributed by atoms with Crippen LogP contribution < -0.4 is 9.64 Å². The Morgan fingerprint density at radius 1 is 1.07 bits per heavy atom. The Bertz CT molecular complexity index is 1880. The van der Waals surface area contributed by atoms with Crippen molar-refractivity contribution in [3.05, 3.63) is 89.4 Å². The number of rotatable bonds is 6. The fraction of sp³-hybridized carbons (Fsp3) is 0.233. The van der Waals surface area contributed by atoms with E-state index < -0.39 is 23.7 Å². The number of aromatic nitrogens is 5. The van der Waals surface area contributed by atoms with Gasteiger partial charge in [0.1, 0.15) is 5.75 Å². The number of halogens is 3. The van der Waals surface area contributed by atoms with Gasteiger partial charge in [-0.25, -0.2) is 14.8 Å². The quantitative estimate of drug-likeness (QED) is 0.259. The zero-order valence-electron chi connectivity index (χ0n) is 23.3. The lowest BCUT2D eigenvalue weighted by Crippen LogP contribution is -2.38. The van der Waals surface area contributed by atoms with Crippen LogP contribution in [0.5, 0.6) is 5.75 Å². The average molecular weight is 591 g/mol. The van der Waals surface area contributed by atoms with Gasteiger partial charge in [-0.1, -0.05) is 0 Å². The lowest BCUT2D eigenvalue weighted by Gasteiger charge is -2.31. The van der Waals surface area contributed by atoms with Gasteiger partial charge < -0.3 is 18.9 Å². The van der Waals surface area contributed by atoms with Gasteiger partial charge in [0.25, 0.3) is 5.91 Å². The molecule has 5 aromatic rings. The molecule has 0 N–H and O–H groups in total. The molecule has 2 aromatic carbocycles. The van der Waals surface area contributed by atoms with E-state index in [0.29, 0.717) is 33.5 Å². The van der Waals surface area contributed by atoms with Crippen LogP contribution in [0, 0.1) is 0 Å². The molecule has 43 heavy (non-hydrogen) atoms. The van der Waals surface area contributed by atoms with Crippen LogP contribution in [0.2, 0.25) is 0 Å². The number of benzene rings is 2. The minimum absolute atomic E-state index is 0.00786. The van der Waals surface area contributed by atoms with E-state index in [1.807, 2.05) is 0 Å². The smallest absolute Gasteiger partial charge is 0.435 e. The first-order valence-corrected chi connectivity index (χ1v) is 13.2. The number of amides is 1. The molecule has 1 aliphatic heterocycles.